The first-order valence-electron chi connectivity index (χ1n) is 20.8. The zero-order valence-electron chi connectivity index (χ0n) is 36.6. The molecule has 1 aliphatic carbocycles. The van der Waals surface area contributed by atoms with E-state index in [2.05, 4.69) is 29.1 Å². The molecule has 0 spiro atoms. The summed E-state index contributed by atoms with van der Waals surface area (Å²) < 4.78 is 10.9. The van der Waals surface area contributed by atoms with Gasteiger partial charge in [0.1, 0.15) is 17.6 Å². The van der Waals surface area contributed by atoms with E-state index < -0.39 is 23.5 Å². The van der Waals surface area contributed by atoms with Crippen molar-refractivity contribution in [2.24, 2.45) is 0 Å². The topological polar surface area (TPSA) is 176 Å². The fraction of sp³-hybridized carbons (Fsp3) is 0.543. The third-order valence-corrected chi connectivity index (χ3v) is 12.4. The van der Waals surface area contributed by atoms with Crippen LogP contribution in [0.25, 0.3) is 22.1 Å². The van der Waals surface area contributed by atoms with Gasteiger partial charge in [-0.05, 0) is 111 Å². The lowest BCUT2D eigenvalue weighted by atomic mass is 9.84. The lowest BCUT2D eigenvalue weighted by Crippen LogP contribution is -2.41. The molecule has 13 heteroatoms. The Morgan fingerprint density at radius 1 is 0.915 bits per heavy atom. The number of esters is 2. The predicted molar refractivity (Wildman–Crippen MR) is 227 cm³/mol. The average Bonchev–Trinajstić information content (AvgIpc) is 3.90. The van der Waals surface area contributed by atoms with Crippen LogP contribution in [-0.2, 0) is 23.9 Å². The molecule has 0 saturated heterocycles. The molecular formula is C46H60N6O7. The highest BCUT2D eigenvalue weighted by Gasteiger charge is 2.45. The molecule has 1 unspecified atom stereocenters. The first kappa shape index (κ1) is 43.4. The number of hydrogen-bond acceptors (Lipinski definition) is 10. The van der Waals surface area contributed by atoms with Gasteiger partial charge in [-0.2, -0.15) is 0 Å². The molecular weight excluding hydrogens is 749 g/mol. The highest BCUT2D eigenvalue weighted by molar-refractivity contribution is 6.23. The van der Waals surface area contributed by atoms with Crippen molar-refractivity contribution in [3.63, 3.8) is 0 Å². The van der Waals surface area contributed by atoms with Gasteiger partial charge < -0.3 is 24.8 Å². The number of nitrogens with one attached hydrogen (secondary N) is 3. The van der Waals surface area contributed by atoms with Crippen LogP contribution in [0.3, 0.4) is 0 Å². The van der Waals surface area contributed by atoms with Crippen LogP contribution in [0.5, 0.6) is 0 Å². The Hall–Kier alpha value is -5.17. The van der Waals surface area contributed by atoms with Gasteiger partial charge in [-0.25, -0.2) is 0 Å². The number of hydrogen-bond donors (Lipinski definition) is 3. The van der Waals surface area contributed by atoms with Crippen molar-refractivity contribution in [2.45, 2.75) is 136 Å². The number of fused-ring (bicyclic) bond motifs is 8. The summed E-state index contributed by atoms with van der Waals surface area (Å²) in [5, 5.41) is 3.02. The van der Waals surface area contributed by atoms with Crippen molar-refractivity contribution in [2.75, 3.05) is 27.7 Å². The van der Waals surface area contributed by atoms with E-state index in [-0.39, 0.29) is 53.5 Å². The van der Waals surface area contributed by atoms with Crippen LogP contribution in [0.4, 0.5) is 0 Å². The summed E-state index contributed by atoms with van der Waals surface area (Å²) >= 11 is 0. The van der Waals surface area contributed by atoms with Gasteiger partial charge in [-0.3, -0.25) is 38.8 Å². The predicted octanol–water partition coefficient (Wildman–Crippen LogP) is 7.72. The zero-order chi connectivity index (χ0) is 43.2. The monoisotopic (exact) mass is 808 g/mol. The van der Waals surface area contributed by atoms with Crippen molar-refractivity contribution < 1.29 is 33.4 Å². The molecule has 0 aromatic carbocycles. The van der Waals surface area contributed by atoms with E-state index in [9.17, 15) is 24.0 Å². The van der Waals surface area contributed by atoms with Crippen molar-refractivity contribution >= 4 is 51.5 Å². The van der Waals surface area contributed by atoms with E-state index in [4.69, 9.17) is 19.4 Å². The second kappa shape index (κ2) is 16.8. The Balaban J connectivity index is 1.44. The van der Waals surface area contributed by atoms with Crippen LogP contribution in [0, 0.1) is 13.8 Å². The zero-order valence-corrected chi connectivity index (χ0v) is 36.6. The first-order valence-corrected chi connectivity index (χ1v) is 20.8. The van der Waals surface area contributed by atoms with Gasteiger partial charge in [-0.1, -0.05) is 20.8 Å². The number of aromatic nitrogens is 4. The van der Waals surface area contributed by atoms with Gasteiger partial charge >= 0.3 is 11.9 Å². The summed E-state index contributed by atoms with van der Waals surface area (Å²) in [5.41, 5.74) is 8.04. The molecule has 2 aliphatic heterocycles. The van der Waals surface area contributed by atoms with Gasteiger partial charge in [-0.15, -0.1) is 0 Å². The Kier molecular flexibility index (Phi) is 12.4. The normalized spacial score (nSPS) is 20.5. The van der Waals surface area contributed by atoms with E-state index in [1.165, 1.54) is 7.11 Å². The number of nitrogens with zero attached hydrogens (tertiary/aromatic N) is 3. The molecule has 6 atom stereocenters. The lowest BCUT2D eigenvalue weighted by molar-refractivity contribution is -0.160. The maximum absolute atomic E-state index is 14.4. The highest BCUT2D eigenvalue weighted by Crippen LogP contribution is 2.48. The van der Waals surface area contributed by atoms with Gasteiger partial charge in [0, 0.05) is 81.4 Å². The Morgan fingerprint density at radius 2 is 1.54 bits per heavy atom. The molecule has 6 rings (SSSR count). The van der Waals surface area contributed by atoms with E-state index in [0.717, 1.165) is 34.4 Å². The molecule has 0 saturated carbocycles. The van der Waals surface area contributed by atoms with Gasteiger partial charge in [0.05, 0.1) is 23.8 Å². The van der Waals surface area contributed by atoms with E-state index >= 15 is 0 Å². The summed E-state index contributed by atoms with van der Waals surface area (Å²) in [6, 6.07) is 5.48. The molecule has 8 bridgehead atoms. The number of aromatic amines is 2. The smallest absolute Gasteiger partial charge is 0.323 e. The minimum Gasteiger partial charge on any atom is -0.468 e. The van der Waals surface area contributed by atoms with Crippen molar-refractivity contribution in [1.29, 1.82) is 0 Å². The number of methoxy groups -OCH3 is 1. The molecule has 0 fully saturated rings. The number of ketones is 2. The van der Waals surface area contributed by atoms with E-state index in [1.54, 1.807) is 6.92 Å². The number of rotatable bonds is 12. The number of amides is 1. The van der Waals surface area contributed by atoms with Gasteiger partial charge in [0.2, 0.25) is 5.91 Å². The summed E-state index contributed by atoms with van der Waals surface area (Å²) in [7, 11) is 4.95. The molecule has 13 nitrogen and oxygen atoms in total. The number of aryl methyl sites for hydroxylation is 2. The Morgan fingerprint density at radius 3 is 2.17 bits per heavy atom. The van der Waals surface area contributed by atoms with Crippen molar-refractivity contribution in [3.8, 4) is 0 Å². The van der Waals surface area contributed by atoms with Crippen molar-refractivity contribution in [3.05, 3.63) is 68.8 Å². The average molecular weight is 809 g/mol. The summed E-state index contributed by atoms with van der Waals surface area (Å²) in [6.07, 6.45) is 2.46. The number of carbonyl (C=O) groups is 5. The van der Waals surface area contributed by atoms with Crippen LogP contribution in [0.2, 0.25) is 0 Å². The summed E-state index contributed by atoms with van der Waals surface area (Å²) in [6.45, 7) is 17.6. The van der Waals surface area contributed by atoms with Crippen LogP contribution in [0.1, 0.15) is 170 Å². The Bertz CT molecular complexity index is 2370. The van der Waals surface area contributed by atoms with Crippen LogP contribution in [-0.4, -0.2) is 93.6 Å². The minimum absolute atomic E-state index is 0.0704. The first-order chi connectivity index (χ1) is 27.8. The maximum atomic E-state index is 14.4. The quantitative estimate of drug-likeness (QED) is 0.0711. The number of H-pyrrole nitrogens is 2. The highest BCUT2D eigenvalue weighted by atomic mass is 16.6. The molecule has 3 aromatic heterocycles. The minimum atomic E-state index is -1.23. The third-order valence-electron chi connectivity index (χ3n) is 12.4. The summed E-state index contributed by atoms with van der Waals surface area (Å²) in [4.78, 5) is 86.5. The van der Waals surface area contributed by atoms with Gasteiger partial charge in [0.25, 0.3) is 0 Å². The van der Waals surface area contributed by atoms with E-state index in [1.807, 2.05) is 78.7 Å². The molecule has 0 radical (unpaired) electrons. The number of ether oxygens (including phenoxy) is 2. The molecule has 3 N–H and O–H groups in total. The fourth-order valence-corrected chi connectivity index (χ4v) is 9.19. The van der Waals surface area contributed by atoms with E-state index in [0.29, 0.717) is 70.5 Å². The molecule has 3 aromatic rings. The lowest BCUT2D eigenvalue weighted by Gasteiger charge is -2.27. The second-order valence-corrected chi connectivity index (χ2v) is 17.7. The largest absolute Gasteiger partial charge is 0.468 e. The molecule has 59 heavy (non-hydrogen) atoms. The number of Topliss-reactive ketones (excluding diaryl/α,β-unsaturated/α-hetero) is 2. The standard InChI is InChI=1S/C46H60N6O7/c1-13-27-22(2)29-21-34-37(26(6)53)24(4)31(49-34)19-30-23(3)28(16-17-36(54)47-18-14-15-35(52(10)11)44(56)59-46(7,8)9)41(50-30)39-40(45(57)58-12)43(55)38-25(5)32(51-42(38)39)20-33(27)48-29/h19-23,27-28,35,40,49,51H,13-18H2,1-12H3,(H,47,54)/t22-,23+,27-,28+,35+,40?/m1/s1. The molecule has 5 heterocycles. The van der Waals surface area contributed by atoms with Gasteiger partial charge in [0.15, 0.2) is 11.6 Å². The second-order valence-electron chi connectivity index (χ2n) is 17.7. The van der Waals surface area contributed by atoms with Crippen LogP contribution >= 0.6 is 0 Å². The number of likely N-dealkylation sites (N-methyl/N-ethyl adjacent to an activating group) is 1. The Labute approximate surface area is 346 Å². The van der Waals surface area contributed by atoms with Crippen molar-refractivity contribution in [1.82, 2.24) is 30.2 Å². The van der Waals surface area contributed by atoms with Crippen LogP contribution < -0.4 is 5.32 Å². The third kappa shape index (κ3) is 8.35. The number of carbonyl (C=O) groups excluding carboxylic acids is 5. The summed E-state index contributed by atoms with van der Waals surface area (Å²) in [5.74, 6) is -3.18. The molecule has 1 amide bonds. The fourth-order valence-electron chi connectivity index (χ4n) is 9.19. The molecule has 3 aliphatic rings. The maximum Gasteiger partial charge on any atom is 0.323 e. The molecule has 316 valence electrons. The SMILES string of the molecule is CC[C@H]1c2cc3[nH]c4c(c3C)C(=O)C(C(=O)OC)c4c3nc(cc4[nH]c(cc(n2)[C@@H]1C)c(C(C)=O)c4C)[C@@H](C)[C@@H]3CCC(=O)NCCC[C@@H](C(=O)OC(C)(C)C)N(C)C. The van der Waals surface area contributed by atoms with Crippen LogP contribution in [0.15, 0.2) is 18.2 Å².